The van der Waals surface area contributed by atoms with Crippen LogP contribution in [0.2, 0.25) is 20.1 Å². The van der Waals surface area contributed by atoms with Gasteiger partial charge in [-0.05, 0) is 76.6 Å². The Morgan fingerprint density at radius 3 is 1.54 bits per heavy atom. The predicted molar refractivity (Wildman–Crippen MR) is 198 cm³/mol. The first-order valence-electron chi connectivity index (χ1n) is 16.8. The van der Waals surface area contributed by atoms with E-state index in [9.17, 15) is 9.59 Å². The van der Waals surface area contributed by atoms with Crippen LogP contribution in [-0.2, 0) is 0 Å². The number of carbonyl (C=O) groups excluding carboxylic acids is 2. The average molecular weight is 743 g/mol. The molecule has 4 saturated heterocycles. The SMILES string of the molecule is CC(C)(C)N1CCC(N2CCN(C(=O)Nc3ccc(Cl)c(Cl)c3)CC2)C1.O=C(Nc1ccc(Cl)c(Cl)c1)N1CCN(C2CCNC2)CC1. The molecule has 2 aromatic carbocycles. The number of urea groups is 2. The normalized spacial score (nSPS) is 22.7. The van der Waals surface area contributed by atoms with Crippen molar-refractivity contribution in [2.24, 2.45) is 0 Å². The number of rotatable bonds is 4. The summed E-state index contributed by atoms with van der Waals surface area (Å²) in [6, 6.07) is 11.3. The second-order valence-electron chi connectivity index (χ2n) is 13.9. The first-order chi connectivity index (χ1) is 22.9. The summed E-state index contributed by atoms with van der Waals surface area (Å²) in [5.74, 6) is 0. The number of hydrogen-bond donors (Lipinski definition) is 3. The Morgan fingerprint density at radius 2 is 1.15 bits per heavy atom. The topological polar surface area (TPSA) is 86.4 Å². The van der Waals surface area contributed by atoms with Gasteiger partial charge in [0.2, 0.25) is 0 Å². The third kappa shape index (κ3) is 10.0. The molecule has 48 heavy (non-hydrogen) atoms. The largest absolute Gasteiger partial charge is 0.322 e. The Labute approximate surface area is 304 Å². The first kappa shape index (κ1) is 37.2. The van der Waals surface area contributed by atoms with E-state index in [-0.39, 0.29) is 17.6 Å². The molecule has 6 rings (SSSR count). The zero-order chi connectivity index (χ0) is 34.4. The number of carbonyl (C=O) groups is 2. The van der Waals surface area contributed by atoms with Crippen molar-refractivity contribution < 1.29 is 9.59 Å². The van der Waals surface area contributed by atoms with Crippen molar-refractivity contribution in [3.05, 3.63) is 56.5 Å². The molecule has 4 aliphatic rings. The van der Waals surface area contributed by atoms with Gasteiger partial charge >= 0.3 is 12.1 Å². The molecule has 3 N–H and O–H groups in total. The van der Waals surface area contributed by atoms with Gasteiger partial charge in [-0.1, -0.05) is 46.4 Å². The molecule has 0 aliphatic carbocycles. The van der Waals surface area contributed by atoms with Gasteiger partial charge < -0.3 is 25.8 Å². The second kappa shape index (κ2) is 16.8. The summed E-state index contributed by atoms with van der Waals surface area (Å²) in [5.41, 5.74) is 1.57. The fraction of sp³-hybridized carbons (Fsp3) is 0.588. The van der Waals surface area contributed by atoms with E-state index in [1.54, 1.807) is 36.4 Å². The first-order valence-corrected chi connectivity index (χ1v) is 18.3. The van der Waals surface area contributed by atoms with E-state index in [0.717, 1.165) is 78.5 Å². The highest BCUT2D eigenvalue weighted by molar-refractivity contribution is 6.42. The Bertz CT molecular complexity index is 1400. The van der Waals surface area contributed by atoms with Gasteiger partial charge in [0, 0.05) is 101 Å². The van der Waals surface area contributed by atoms with Crippen LogP contribution in [0, 0.1) is 0 Å². The summed E-state index contributed by atoms with van der Waals surface area (Å²) in [6.45, 7) is 18.0. The monoisotopic (exact) mass is 740 g/mol. The number of hydrogen-bond acceptors (Lipinski definition) is 6. The third-order valence-corrected chi connectivity index (χ3v) is 11.2. The van der Waals surface area contributed by atoms with Crippen molar-refractivity contribution in [3.63, 3.8) is 0 Å². The molecule has 0 aromatic heterocycles. The van der Waals surface area contributed by atoms with Gasteiger partial charge in [0.05, 0.1) is 20.1 Å². The van der Waals surface area contributed by atoms with E-state index in [2.05, 4.69) is 51.4 Å². The van der Waals surface area contributed by atoms with Gasteiger partial charge in [-0.25, -0.2) is 9.59 Å². The highest BCUT2D eigenvalue weighted by atomic mass is 35.5. The molecule has 4 aliphatic heterocycles. The molecule has 4 heterocycles. The molecular formula is C34H48Cl4N8O2. The summed E-state index contributed by atoms with van der Waals surface area (Å²) in [4.78, 5) is 36.1. The standard InChI is InChI=1S/C19H28Cl2N4O.C15H20Cl2N4O/c1-19(2,3)25-7-6-15(13-25)23-8-10-24(11-9-23)18(26)22-14-4-5-16(20)17(21)12-14;16-13-2-1-11(9-14(13)17)19-15(22)21-7-5-20(6-8-21)12-3-4-18-10-12/h4-5,12,15H,6-11,13H2,1-3H3,(H,22,26);1-2,9,12,18H,3-8,10H2,(H,19,22). The Morgan fingerprint density at radius 1 is 0.667 bits per heavy atom. The van der Waals surface area contributed by atoms with Gasteiger partial charge in [-0.2, -0.15) is 0 Å². The minimum Gasteiger partial charge on any atom is -0.322 e. The van der Waals surface area contributed by atoms with Crippen LogP contribution in [0.25, 0.3) is 0 Å². The summed E-state index contributed by atoms with van der Waals surface area (Å²) in [7, 11) is 0. The number of anilines is 2. The van der Waals surface area contributed by atoms with Crippen LogP contribution in [0.3, 0.4) is 0 Å². The lowest BCUT2D eigenvalue weighted by Crippen LogP contribution is -2.53. The van der Waals surface area contributed by atoms with Crippen molar-refractivity contribution in [1.29, 1.82) is 0 Å². The van der Waals surface area contributed by atoms with Crippen LogP contribution in [-0.4, -0.2) is 133 Å². The van der Waals surface area contributed by atoms with Gasteiger partial charge in [0.15, 0.2) is 0 Å². The number of benzene rings is 2. The fourth-order valence-electron chi connectivity index (χ4n) is 6.73. The lowest BCUT2D eigenvalue weighted by molar-refractivity contribution is 0.102. The smallest absolute Gasteiger partial charge is 0.321 e. The molecule has 4 fully saturated rings. The molecule has 2 unspecified atom stereocenters. The van der Waals surface area contributed by atoms with Crippen LogP contribution < -0.4 is 16.0 Å². The zero-order valence-corrected chi connectivity index (χ0v) is 31.1. The lowest BCUT2D eigenvalue weighted by atomic mass is 10.1. The van der Waals surface area contributed by atoms with E-state index in [1.807, 2.05) is 9.80 Å². The quantitative estimate of drug-likeness (QED) is 0.331. The third-order valence-electron chi connectivity index (χ3n) is 9.72. The summed E-state index contributed by atoms with van der Waals surface area (Å²) in [5, 5.41) is 11.0. The van der Waals surface area contributed by atoms with Crippen LogP contribution in [0.5, 0.6) is 0 Å². The maximum atomic E-state index is 12.5. The van der Waals surface area contributed by atoms with Gasteiger partial charge in [0.1, 0.15) is 0 Å². The number of piperazine rings is 2. The van der Waals surface area contributed by atoms with E-state index < -0.39 is 0 Å². The number of amides is 4. The molecular weight excluding hydrogens is 694 g/mol. The fourth-order valence-corrected chi connectivity index (χ4v) is 7.33. The number of likely N-dealkylation sites (tertiary alicyclic amines) is 1. The van der Waals surface area contributed by atoms with E-state index in [1.165, 1.54) is 12.8 Å². The van der Waals surface area contributed by atoms with Gasteiger partial charge in [-0.15, -0.1) is 0 Å². The Balaban J connectivity index is 0.000000190. The molecule has 2 atom stereocenters. The van der Waals surface area contributed by atoms with Crippen LogP contribution in [0.15, 0.2) is 36.4 Å². The molecule has 4 amide bonds. The molecule has 264 valence electrons. The summed E-state index contributed by atoms with van der Waals surface area (Å²) in [6.07, 6.45) is 2.42. The highest BCUT2D eigenvalue weighted by Crippen LogP contribution is 2.27. The van der Waals surface area contributed by atoms with E-state index >= 15 is 0 Å². The van der Waals surface area contributed by atoms with Crippen molar-refractivity contribution in [2.75, 3.05) is 89.2 Å². The molecule has 0 bridgehead atoms. The summed E-state index contributed by atoms with van der Waals surface area (Å²) >= 11 is 23.8. The van der Waals surface area contributed by atoms with Crippen molar-refractivity contribution in [3.8, 4) is 0 Å². The molecule has 10 nitrogen and oxygen atoms in total. The predicted octanol–water partition coefficient (Wildman–Crippen LogP) is 6.52. The molecule has 0 spiro atoms. The summed E-state index contributed by atoms with van der Waals surface area (Å²) < 4.78 is 0. The van der Waals surface area contributed by atoms with E-state index in [4.69, 9.17) is 46.4 Å². The van der Waals surface area contributed by atoms with Crippen molar-refractivity contribution in [1.82, 2.24) is 29.8 Å². The average Bonchev–Trinajstić information content (AvgIpc) is 3.79. The Hall–Kier alpha value is -2.02. The maximum Gasteiger partial charge on any atom is 0.321 e. The van der Waals surface area contributed by atoms with Gasteiger partial charge in [0.25, 0.3) is 0 Å². The van der Waals surface area contributed by atoms with E-state index in [0.29, 0.717) is 43.5 Å². The molecule has 0 radical (unpaired) electrons. The number of nitrogens with one attached hydrogen (secondary N) is 3. The van der Waals surface area contributed by atoms with Crippen LogP contribution >= 0.6 is 46.4 Å². The zero-order valence-electron chi connectivity index (χ0n) is 28.1. The lowest BCUT2D eigenvalue weighted by Gasteiger charge is -2.39. The number of nitrogens with zero attached hydrogens (tertiary/aromatic N) is 5. The molecule has 2 aromatic rings. The van der Waals surface area contributed by atoms with Crippen molar-refractivity contribution >= 4 is 69.8 Å². The maximum absolute atomic E-state index is 12.5. The number of halogens is 4. The van der Waals surface area contributed by atoms with Crippen LogP contribution in [0.4, 0.5) is 21.0 Å². The highest BCUT2D eigenvalue weighted by Gasteiger charge is 2.35. The minimum absolute atomic E-state index is 0.0780. The Kier molecular flexibility index (Phi) is 13.0. The minimum atomic E-state index is -0.0809. The van der Waals surface area contributed by atoms with Crippen molar-refractivity contribution in [2.45, 2.75) is 51.2 Å². The van der Waals surface area contributed by atoms with Crippen LogP contribution in [0.1, 0.15) is 33.6 Å². The molecule has 14 heteroatoms. The van der Waals surface area contributed by atoms with Gasteiger partial charge in [-0.3, -0.25) is 14.7 Å². The molecule has 0 saturated carbocycles. The second-order valence-corrected chi connectivity index (χ2v) is 15.5.